The van der Waals surface area contributed by atoms with E-state index in [0.717, 1.165) is 25.7 Å². The van der Waals surface area contributed by atoms with E-state index < -0.39 is 135 Å². The Labute approximate surface area is 365 Å². The first-order valence-electron chi connectivity index (χ1n) is 20.6. The second-order valence-corrected chi connectivity index (χ2v) is 16.5. The van der Waals surface area contributed by atoms with Gasteiger partial charge in [0, 0.05) is 25.7 Å². The van der Waals surface area contributed by atoms with Crippen LogP contribution in [-0.2, 0) is 54.2 Å². The SMILES string of the molecule is C=CCC(NC(=O)[C@H](CC1CCCC1)NC(=O)[C@@H](NC(=O)[C@H](Cc1ccccc1C)NC(=O)[C@H](CCC(=O)O)NC(=O)[C@H](CC(=O)O)NC(=O)CCC(=O)O)C(C)(C)C)OB(O)O. The Hall–Kier alpha value is -5.87. The van der Waals surface area contributed by atoms with Gasteiger partial charge in [-0.25, -0.2) is 0 Å². The van der Waals surface area contributed by atoms with E-state index in [1.807, 2.05) is 0 Å². The van der Waals surface area contributed by atoms with Crippen molar-refractivity contribution in [1.82, 2.24) is 31.9 Å². The number of rotatable bonds is 27. The third-order valence-electron chi connectivity index (χ3n) is 10.3. The summed E-state index contributed by atoms with van der Waals surface area (Å²) in [7, 11) is -2.21. The highest BCUT2D eigenvalue weighted by Crippen LogP contribution is 2.29. The van der Waals surface area contributed by atoms with E-state index in [1.165, 1.54) is 6.08 Å². The van der Waals surface area contributed by atoms with Gasteiger partial charge < -0.3 is 61.9 Å². The van der Waals surface area contributed by atoms with Crippen LogP contribution >= 0.6 is 0 Å². The number of amides is 6. The number of aryl methyl sites for hydroxylation is 1. The molecule has 0 spiro atoms. The summed E-state index contributed by atoms with van der Waals surface area (Å²) in [6.45, 7) is 10.3. The first kappa shape index (κ1) is 53.3. The van der Waals surface area contributed by atoms with E-state index in [1.54, 1.807) is 52.0 Å². The van der Waals surface area contributed by atoms with Gasteiger partial charge in [-0.05, 0) is 42.2 Å². The van der Waals surface area contributed by atoms with Gasteiger partial charge in [-0.15, -0.1) is 6.58 Å². The van der Waals surface area contributed by atoms with E-state index in [2.05, 4.69) is 38.5 Å². The number of nitrogens with one attached hydrogen (secondary N) is 6. The molecule has 0 heterocycles. The van der Waals surface area contributed by atoms with E-state index in [0.29, 0.717) is 11.1 Å². The van der Waals surface area contributed by atoms with Crippen LogP contribution in [0.25, 0.3) is 0 Å². The van der Waals surface area contributed by atoms with Gasteiger partial charge in [0.2, 0.25) is 35.4 Å². The summed E-state index contributed by atoms with van der Waals surface area (Å²) < 4.78 is 4.97. The van der Waals surface area contributed by atoms with Crippen molar-refractivity contribution >= 4 is 60.7 Å². The topological polar surface area (TPSA) is 336 Å². The normalized spacial score (nSPS) is 15.5. The van der Waals surface area contributed by atoms with Crippen molar-refractivity contribution in [3.05, 3.63) is 48.0 Å². The second-order valence-electron chi connectivity index (χ2n) is 16.5. The van der Waals surface area contributed by atoms with Gasteiger partial charge in [0.1, 0.15) is 36.4 Å². The highest BCUT2D eigenvalue weighted by atomic mass is 16.6. The molecule has 1 unspecified atom stereocenters. The lowest BCUT2D eigenvalue weighted by Gasteiger charge is -2.34. The predicted octanol–water partition coefficient (Wildman–Crippen LogP) is -0.203. The minimum atomic E-state index is -2.21. The molecule has 6 atom stereocenters. The van der Waals surface area contributed by atoms with Crippen LogP contribution in [0.1, 0.15) is 103 Å². The average Bonchev–Trinajstić information content (AvgIpc) is 3.69. The van der Waals surface area contributed by atoms with Crippen LogP contribution in [0.3, 0.4) is 0 Å². The number of carboxylic acids is 3. The second kappa shape index (κ2) is 25.9. The molecule has 0 radical (unpaired) electrons. The van der Waals surface area contributed by atoms with E-state index in [-0.39, 0.29) is 25.2 Å². The standard InChI is InChI=1S/C41H61BN6O15/c1-6-11-31(63-42(61)62)47-38(58)27(20-24-13-8-9-14-24)46-40(60)35(41(3,4)5)48-39(59)28(21-25-15-10-7-12-23(25)2)45-36(56)26(16-18-32(50)51)44-37(57)29(22-34(54)55)43-30(49)17-19-33(52)53/h6-7,10,12,15,24,26-29,31,35,61-62H,1,8-9,11,13-14,16-22H2,2-5H3,(H,43,49)(H,44,57)(H,45,56)(H,46,60)(H,47,58)(H,48,59)(H,50,51)(H,52,53)(H,54,55)/t26-,27-,28-,29-,31?,35+/m0/s1. The highest BCUT2D eigenvalue weighted by Gasteiger charge is 2.39. The molecule has 6 amide bonds. The molecular formula is C41H61BN6O15. The molecule has 1 aromatic rings. The molecular weight excluding hydrogens is 827 g/mol. The number of hydrogen-bond donors (Lipinski definition) is 11. The first-order valence-corrected chi connectivity index (χ1v) is 20.6. The van der Waals surface area contributed by atoms with E-state index in [9.17, 15) is 63.4 Å². The average molecular weight is 889 g/mol. The largest absolute Gasteiger partial charge is 0.635 e. The molecule has 2 rings (SSSR count). The first-order chi connectivity index (χ1) is 29.5. The van der Waals surface area contributed by atoms with Crippen molar-refractivity contribution in [3.8, 4) is 0 Å². The summed E-state index contributed by atoms with van der Waals surface area (Å²) >= 11 is 0. The summed E-state index contributed by atoms with van der Waals surface area (Å²) in [6, 6.07) is -0.608. The zero-order valence-electron chi connectivity index (χ0n) is 36.0. The number of carbonyl (C=O) groups excluding carboxylic acids is 6. The molecule has 1 aromatic carbocycles. The molecule has 348 valence electrons. The lowest BCUT2D eigenvalue weighted by atomic mass is 9.85. The smallest absolute Gasteiger partial charge is 0.481 e. The van der Waals surface area contributed by atoms with Crippen LogP contribution in [0.4, 0.5) is 0 Å². The van der Waals surface area contributed by atoms with Gasteiger partial charge in [-0.3, -0.25) is 43.2 Å². The van der Waals surface area contributed by atoms with Crippen LogP contribution in [0.5, 0.6) is 0 Å². The van der Waals surface area contributed by atoms with Gasteiger partial charge in [-0.1, -0.05) is 76.8 Å². The highest BCUT2D eigenvalue weighted by molar-refractivity contribution is 6.32. The Morgan fingerprint density at radius 3 is 1.84 bits per heavy atom. The lowest BCUT2D eigenvalue weighted by Crippen LogP contribution is -2.62. The third-order valence-corrected chi connectivity index (χ3v) is 10.3. The molecule has 11 N–H and O–H groups in total. The molecule has 1 saturated carbocycles. The van der Waals surface area contributed by atoms with E-state index >= 15 is 0 Å². The monoisotopic (exact) mass is 888 g/mol. The summed E-state index contributed by atoms with van der Waals surface area (Å²) in [4.78, 5) is 116. The van der Waals surface area contributed by atoms with Crippen LogP contribution in [0.15, 0.2) is 36.9 Å². The zero-order chi connectivity index (χ0) is 47.4. The van der Waals surface area contributed by atoms with Crippen LogP contribution in [0.2, 0.25) is 0 Å². The number of aliphatic carboxylic acids is 3. The van der Waals surface area contributed by atoms with Gasteiger partial charge >= 0.3 is 25.2 Å². The van der Waals surface area contributed by atoms with Crippen LogP contribution < -0.4 is 31.9 Å². The fraction of sp³-hybridized carbons (Fsp3) is 0.585. The number of carboxylic acid groups (broad SMARTS) is 3. The molecule has 0 saturated heterocycles. The Balaban J connectivity index is 2.48. The predicted molar refractivity (Wildman–Crippen MR) is 225 cm³/mol. The Kier molecular flexibility index (Phi) is 21.9. The third kappa shape index (κ3) is 19.8. The molecule has 0 bridgehead atoms. The fourth-order valence-electron chi connectivity index (χ4n) is 6.91. The summed E-state index contributed by atoms with van der Waals surface area (Å²) in [5, 5.41) is 61.4. The molecule has 1 fully saturated rings. The van der Waals surface area contributed by atoms with Gasteiger partial charge in [0.25, 0.3) is 0 Å². The lowest BCUT2D eigenvalue weighted by molar-refractivity contribution is -0.142. The quantitative estimate of drug-likeness (QED) is 0.0310. The maximum Gasteiger partial charge on any atom is 0.635 e. The Bertz CT molecular complexity index is 1800. The molecule has 0 aromatic heterocycles. The number of benzene rings is 1. The van der Waals surface area contributed by atoms with Crippen LogP contribution in [-0.4, -0.2) is 122 Å². The summed E-state index contributed by atoms with van der Waals surface area (Å²) in [5.41, 5.74) is 0.283. The number of hydrogen-bond acceptors (Lipinski definition) is 12. The van der Waals surface area contributed by atoms with Crippen molar-refractivity contribution in [2.45, 2.75) is 141 Å². The Morgan fingerprint density at radius 2 is 1.29 bits per heavy atom. The van der Waals surface area contributed by atoms with Gasteiger partial charge in [0.05, 0.1) is 12.8 Å². The summed E-state index contributed by atoms with van der Waals surface area (Å²) in [5.74, 6) is -9.75. The molecule has 1 aliphatic rings. The minimum absolute atomic E-state index is 0.00293. The molecule has 22 heteroatoms. The molecule has 63 heavy (non-hydrogen) atoms. The van der Waals surface area contributed by atoms with Crippen molar-refractivity contribution in [2.75, 3.05) is 0 Å². The Morgan fingerprint density at radius 1 is 0.730 bits per heavy atom. The van der Waals surface area contributed by atoms with Gasteiger partial charge in [-0.2, -0.15) is 0 Å². The zero-order valence-corrected chi connectivity index (χ0v) is 36.0. The van der Waals surface area contributed by atoms with Crippen molar-refractivity contribution in [1.29, 1.82) is 0 Å². The molecule has 21 nitrogen and oxygen atoms in total. The fourth-order valence-corrected chi connectivity index (χ4v) is 6.91. The van der Waals surface area contributed by atoms with E-state index in [4.69, 9.17) is 9.76 Å². The van der Waals surface area contributed by atoms with Crippen molar-refractivity contribution < 1.29 is 73.2 Å². The van der Waals surface area contributed by atoms with Gasteiger partial charge in [0.15, 0.2) is 0 Å². The maximum absolute atomic E-state index is 14.4. The van der Waals surface area contributed by atoms with Crippen molar-refractivity contribution in [2.24, 2.45) is 11.3 Å². The van der Waals surface area contributed by atoms with Crippen molar-refractivity contribution in [3.63, 3.8) is 0 Å². The minimum Gasteiger partial charge on any atom is -0.481 e. The molecule has 1 aliphatic carbocycles. The number of carbonyl (C=O) groups is 9. The summed E-state index contributed by atoms with van der Waals surface area (Å²) in [6.07, 6.45) is 0.268. The molecule has 0 aliphatic heterocycles. The van der Waals surface area contributed by atoms with Crippen LogP contribution in [0, 0.1) is 18.3 Å². The maximum atomic E-state index is 14.4.